The molecule has 1 aromatic rings. The van der Waals surface area contributed by atoms with E-state index in [1.807, 2.05) is 6.07 Å². The molecule has 0 aliphatic carbocycles. The highest BCUT2D eigenvalue weighted by molar-refractivity contribution is 5.27. The van der Waals surface area contributed by atoms with Crippen LogP contribution < -0.4 is 5.43 Å². The van der Waals surface area contributed by atoms with Crippen molar-refractivity contribution in [3.8, 4) is 5.75 Å². The molecule has 1 N–H and O–H groups in total. The molecule has 0 saturated carbocycles. The Kier molecular flexibility index (Phi) is 3.07. The molecule has 0 amide bonds. The van der Waals surface area contributed by atoms with Gasteiger partial charge in [-0.3, -0.25) is 4.79 Å². The third-order valence-electron chi connectivity index (χ3n) is 2.27. The quantitative estimate of drug-likeness (QED) is 0.754. The largest absolute Gasteiger partial charge is 0.504 e. The fourth-order valence-electron chi connectivity index (χ4n) is 1.15. The van der Waals surface area contributed by atoms with Crippen molar-refractivity contribution in [2.75, 3.05) is 0 Å². The molecule has 1 rings (SSSR count). The van der Waals surface area contributed by atoms with Gasteiger partial charge < -0.3 is 5.11 Å². The van der Waals surface area contributed by atoms with Gasteiger partial charge >= 0.3 is 0 Å². The monoisotopic (exact) mass is 178 g/mol. The van der Waals surface area contributed by atoms with E-state index in [0.29, 0.717) is 5.92 Å². The standard InChI is InChI=1S/C11H14O2/c1-3-8(2)9-5-4-6-10(12)11(13)7-9/h4-8H,3H2,1-2H3,(H,12,13). The maximum atomic E-state index is 11.0. The Balaban J connectivity index is 3.21. The van der Waals surface area contributed by atoms with Gasteiger partial charge in [0.1, 0.15) is 0 Å². The van der Waals surface area contributed by atoms with Gasteiger partial charge in [-0.05, 0) is 30.0 Å². The zero-order chi connectivity index (χ0) is 9.84. The molecule has 1 aromatic carbocycles. The molecule has 70 valence electrons. The van der Waals surface area contributed by atoms with Crippen LogP contribution in [0.25, 0.3) is 0 Å². The lowest BCUT2D eigenvalue weighted by atomic mass is 10.0. The van der Waals surface area contributed by atoms with Crippen molar-refractivity contribution in [1.29, 1.82) is 0 Å². The number of rotatable bonds is 2. The molecule has 0 aliphatic heterocycles. The molecule has 13 heavy (non-hydrogen) atoms. The molecule has 0 spiro atoms. The van der Waals surface area contributed by atoms with Crippen molar-refractivity contribution >= 4 is 0 Å². The van der Waals surface area contributed by atoms with Gasteiger partial charge in [0, 0.05) is 0 Å². The van der Waals surface area contributed by atoms with Crippen molar-refractivity contribution in [2.45, 2.75) is 26.2 Å². The van der Waals surface area contributed by atoms with Gasteiger partial charge in [0.05, 0.1) is 0 Å². The van der Waals surface area contributed by atoms with Crippen LogP contribution in [0.4, 0.5) is 0 Å². The second-order valence-corrected chi connectivity index (χ2v) is 3.23. The minimum absolute atomic E-state index is 0.166. The Bertz CT molecular complexity index is 344. The molecule has 1 atom stereocenters. The van der Waals surface area contributed by atoms with Crippen molar-refractivity contribution in [3.05, 3.63) is 40.1 Å². The number of aromatic hydroxyl groups is 1. The third-order valence-corrected chi connectivity index (χ3v) is 2.27. The van der Waals surface area contributed by atoms with Crippen LogP contribution in [0.1, 0.15) is 31.7 Å². The van der Waals surface area contributed by atoms with Crippen molar-refractivity contribution < 1.29 is 5.11 Å². The lowest BCUT2D eigenvalue weighted by Gasteiger charge is -2.05. The molecule has 0 fully saturated rings. The van der Waals surface area contributed by atoms with Crippen LogP contribution in [0, 0.1) is 0 Å². The first-order valence-corrected chi connectivity index (χ1v) is 4.48. The first-order chi connectivity index (χ1) is 6.15. The fraction of sp³-hybridized carbons (Fsp3) is 0.364. The van der Waals surface area contributed by atoms with E-state index in [9.17, 15) is 9.90 Å². The highest BCUT2D eigenvalue weighted by atomic mass is 16.3. The van der Waals surface area contributed by atoms with Crippen molar-refractivity contribution in [1.82, 2.24) is 0 Å². The molecular formula is C11H14O2. The summed E-state index contributed by atoms with van der Waals surface area (Å²) in [6.45, 7) is 4.14. The zero-order valence-corrected chi connectivity index (χ0v) is 7.95. The molecule has 1 unspecified atom stereocenters. The van der Waals surface area contributed by atoms with Gasteiger partial charge in [-0.1, -0.05) is 26.0 Å². The molecule has 2 nitrogen and oxygen atoms in total. The van der Waals surface area contributed by atoms with Crippen LogP contribution in [-0.2, 0) is 0 Å². The highest BCUT2D eigenvalue weighted by Gasteiger charge is 2.03. The first kappa shape index (κ1) is 9.78. The van der Waals surface area contributed by atoms with E-state index in [4.69, 9.17) is 0 Å². The van der Waals surface area contributed by atoms with Crippen LogP contribution in [0.2, 0.25) is 0 Å². The topological polar surface area (TPSA) is 37.3 Å². The fourth-order valence-corrected chi connectivity index (χ4v) is 1.15. The van der Waals surface area contributed by atoms with Crippen molar-refractivity contribution in [3.63, 3.8) is 0 Å². The molecule has 0 aliphatic rings. The predicted octanol–water partition coefficient (Wildman–Crippen LogP) is 2.27. The lowest BCUT2D eigenvalue weighted by Crippen LogP contribution is -1.93. The van der Waals surface area contributed by atoms with Crippen LogP contribution in [-0.4, -0.2) is 5.11 Å². The van der Waals surface area contributed by atoms with E-state index in [-0.39, 0.29) is 11.2 Å². The maximum Gasteiger partial charge on any atom is 0.220 e. The molecular weight excluding hydrogens is 164 g/mol. The SMILES string of the molecule is CCC(C)c1cccc(=O)c(O)c1. The van der Waals surface area contributed by atoms with Gasteiger partial charge in [-0.25, -0.2) is 0 Å². The van der Waals surface area contributed by atoms with Crippen LogP contribution >= 0.6 is 0 Å². The van der Waals surface area contributed by atoms with Crippen molar-refractivity contribution in [2.24, 2.45) is 0 Å². The summed E-state index contributed by atoms with van der Waals surface area (Å²) in [6.07, 6.45) is 0.998. The average Bonchev–Trinajstić information content (AvgIpc) is 2.28. The van der Waals surface area contributed by atoms with E-state index >= 15 is 0 Å². The van der Waals surface area contributed by atoms with Crippen LogP contribution in [0.3, 0.4) is 0 Å². The molecule has 0 saturated heterocycles. The molecule has 2 heteroatoms. The summed E-state index contributed by atoms with van der Waals surface area (Å²) in [5.41, 5.74) is 0.677. The lowest BCUT2D eigenvalue weighted by molar-refractivity contribution is 0.470. The number of hydrogen-bond donors (Lipinski definition) is 1. The van der Waals surface area contributed by atoms with Crippen LogP contribution in [0.15, 0.2) is 29.1 Å². The highest BCUT2D eigenvalue weighted by Crippen LogP contribution is 2.18. The third kappa shape index (κ3) is 2.31. The Morgan fingerprint density at radius 2 is 2.15 bits per heavy atom. The molecule has 0 bridgehead atoms. The van der Waals surface area contributed by atoms with Gasteiger partial charge in [-0.15, -0.1) is 0 Å². The molecule has 0 aromatic heterocycles. The van der Waals surface area contributed by atoms with E-state index in [1.165, 1.54) is 6.07 Å². The van der Waals surface area contributed by atoms with E-state index in [2.05, 4.69) is 13.8 Å². The smallest absolute Gasteiger partial charge is 0.220 e. The first-order valence-electron chi connectivity index (χ1n) is 4.48. The van der Waals surface area contributed by atoms with Crippen LogP contribution in [0.5, 0.6) is 5.75 Å². The van der Waals surface area contributed by atoms with Gasteiger partial charge in [0.15, 0.2) is 5.75 Å². The summed E-state index contributed by atoms with van der Waals surface area (Å²) in [7, 11) is 0. The normalized spacial score (nSPS) is 12.5. The summed E-state index contributed by atoms with van der Waals surface area (Å²) in [4.78, 5) is 11.0. The summed E-state index contributed by atoms with van der Waals surface area (Å²) >= 11 is 0. The minimum atomic E-state index is -0.324. The molecule has 0 radical (unpaired) electrons. The Morgan fingerprint density at radius 3 is 2.77 bits per heavy atom. The summed E-state index contributed by atoms with van der Waals surface area (Å²) < 4.78 is 0. The average molecular weight is 178 g/mol. The van der Waals surface area contributed by atoms with E-state index < -0.39 is 0 Å². The zero-order valence-electron chi connectivity index (χ0n) is 7.95. The Morgan fingerprint density at radius 1 is 1.46 bits per heavy atom. The number of hydrogen-bond acceptors (Lipinski definition) is 2. The predicted molar refractivity (Wildman–Crippen MR) is 53.1 cm³/mol. The van der Waals surface area contributed by atoms with E-state index in [1.54, 1.807) is 12.1 Å². The summed E-state index contributed by atoms with van der Waals surface area (Å²) in [6, 6.07) is 6.48. The van der Waals surface area contributed by atoms with Gasteiger partial charge in [0.25, 0.3) is 0 Å². The minimum Gasteiger partial charge on any atom is -0.504 e. The van der Waals surface area contributed by atoms with E-state index in [0.717, 1.165) is 12.0 Å². The Labute approximate surface area is 77.9 Å². The maximum absolute atomic E-state index is 11.0. The summed E-state index contributed by atoms with van der Waals surface area (Å²) in [5, 5.41) is 9.29. The second kappa shape index (κ2) is 4.08. The van der Waals surface area contributed by atoms with Gasteiger partial charge in [-0.2, -0.15) is 0 Å². The Hall–Kier alpha value is -1.31. The molecule has 0 heterocycles. The summed E-state index contributed by atoms with van der Waals surface area (Å²) in [5.74, 6) is 0.206. The van der Waals surface area contributed by atoms with Gasteiger partial charge in [0.2, 0.25) is 5.43 Å². The second-order valence-electron chi connectivity index (χ2n) is 3.23.